The Morgan fingerprint density at radius 1 is 0.759 bits per heavy atom. The first-order valence-corrected chi connectivity index (χ1v) is 11.9. The molecule has 4 nitrogen and oxygen atoms in total. The summed E-state index contributed by atoms with van der Waals surface area (Å²) in [6.07, 6.45) is 1.65. The average Bonchev–Trinajstić information content (AvgIpc) is 2.43. The zero-order valence-corrected chi connectivity index (χ0v) is 23.6. The van der Waals surface area contributed by atoms with Gasteiger partial charge in [-0.3, -0.25) is 4.79 Å². The first-order chi connectivity index (χ1) is 12.5. The molecule has 0 saturated heterocycles. The van der Waals surface area contributed by atoms with E-state index in [4.69, 9.17) is 9.47 Å². The second kappa shape index (κ2) is 9.72. The van der Waals surface area contributed by atoms with Crippen molar-refractivity contribution in [3.8, 4) is 0 Å². The number of hydrogen-bond acceptors (Lipinski definition) is 3. The van der Waals surface area contributed by atoms with Crippen LogP contribution in [0.1, 0.15) is 103 Å². The van der Waals surface area contributed by atoms with Gasteiger partial charge in [0.1, 0.15) is 5.60 Å². The van der Waals surface area contributed by atoms with Crippen molar-refractivity contribution in [1.82, 2.24) is 5.32 Å². The summed E-state index contributed by atoms with van der Waals surface area (Å²) in [5.41, 5.74) is -1.15. The molecule has 5 heteroatoms. The number of alkyl halides is 1. The zero-order valence-electron chi connectivity index (χ0n) is 21.4. The van der Waals surface area contributed by atoms with E-state index in [1.54, 1.807) is 0 Å². The molecule has 0 aromatic carbocycles. The molecule has 0 atom stereocenters. The summed E-state index contributed by atoms with van der Waals surface area (Å²) in [5.74, 6) is -0.0791. The van der Waals surface area contributed by atoms with E-state index in [1.807, 2.05) is 27.7 Å². The SMILES string of the molecule is CC(C)(CCOC(C)(C)C(C)(C)I)NC(=O)C(C)(C)OCCC(C)(C)C(C)(C)C. The second-order valence-electron chi connectivity index (χ2n) is 12.2. The summed E-state index contributed by atoms with van der Waals surface area (Å²) < 4.78 is 12.2. The Balaban J connectivity index is 4.70. The minimum absolute atomic E-state index is 0.0226. The predicted octanol–water partition coefficient (Wildman–Crippen LogP) is 6.54. The topological polar surface area (TPSA) is 47.6 Å². The molecule has 0 saturated carbocycles. The number of carbonyl (C=O) groups is 1. The zero-order chi connectivity index (χ0) is 23.5. The molecular weight excluding hydrogens is 477 g/mol. The van der Waals surface area contributed by atoms with Crippen LogP contribution in [0.5, 0.6) is 0 Å². The van der Waals surface area contributed by atoms with Crippen LogP contribution in [0.15, 0.2) is 0 Å². The fourth-order valence-electron chi connectivity index (χ4n) is 2.26. The molecule has 0 fully saturated rings. The monoisotopic (exact) mass is 525 g/mol. The minimum Gasteiger partial charge on any atom is -0.374 e. The van der Waals surface area contributed by atoms with Gasteiger partial charge in [-0.05, 0) is 79.1 Å². The fraction of sp³-hybridized carbons (Fsp3) is 0.958. The second-order valence-corrected chi connectivity index (χ2v) is 14.9. The molecule has 1 amide bonds. The van der Waals surface area contributed by atoms with Gasteiger partial charge in [-0.1, -0.05) is 57.2 Å². The lowest BCUT2D eigenvalue weighted by molar-refractivity contribution is -0.146. The summed E-state index contributed by atoms with van der Waals surface area (Å²) in [5, 5.41) is 3.15. The minimum atomic E-state index is -0.866. The molecule has 0 aliphatic carbocycles. The van der Waals surface area contributed by atoms with Crippen molar-refractivity contribution in [2.24, 2.45) is 10.8 Å². The molecule has 0 rings (SSSR count). The van der Waals surface area contributed by atoms with Crippen molar-refractivity contribution in [3.63, 3.8) is 0 Å². The highest BCUT2D eigenvalue weighted by atomic mass is 127. The molecule has 0 aromatic rings. The van der Waals surface area contributed by atoms with Crippen molar-refractivity contribution in [2.75, 3.05) is 13.2 Å². The number of ether oxygens (including phenoxy) is 2. The molecule has 174 valence electrons. The maximum absolute atomic E-state index is 12.9. The maximum atomic E-state index is 12.9. The van der Waals surface area contributed by atoms with Crippen LogP contribution in [0, 0.1) is 10.8 Å². The lowest BCUT2D eigenvalue weighted by Crippen LogP contribution is -2.53. The molecule has 1 N–H and O–H groups in total. The first-order valence-electron chi connectivity index (χ1n) is 10.8. The molecule has 0 unspecified atom stereocenters. The number of amides is 1. The number of nitrogens with one attached hydrogen (secondary N) is 1. The lowest BCUT2D eigenvalue weighted by atomic mass is 9.67. The van der Waals surface area contributed by atoms with Crippen LogP contribution in [0.2, 0.25) is 0 Å². The van der Waals surface area contributed by atoms with Crippen molar-refractivity contribution in [1.29, 1.82) is 0 Å². The van der Waals surface area contributed by atoms with Crippen LogP contribution in [0.4, 0.5) is 0 Å². The lowest BCUT2D eigenvalue weighted by Gasteiger charge is -2.40. The highest BCUT2D eigenvalue weighted by Crippen LogP contribution is 2.41. The molecule has 29 heavy (non-hydrogen) atoms. The Bertz CT molecular complexity index is 537. The Kier molecular flexibility index (Phi) is 9.76. The van der Waals surface area contributed by atoms with Crippen molar-refractivity contribution < 1.29 is 14.3 Å². The largest absolute Gasteiger partial charge is 0.374 e. The van der Waals surface area contributed by atoms with Gasteiger partial charge >= 0.3 is 0 Å². The van der Waals surface area contributed by atoms with Gasteiger partial charge in [0.05, 0.1) is 5.60 Å². The van der Waals surface area contributed by atoms with Crippen LogP contribution < -0.4 is 5.32 Å². The van der Waals surface area contributed by atoms with Gasteiger partial charge in [-0.2, -0.15) is 0 Å². The number of carbonyl (C=O) groups excluding carboxylic acids is 1. The summed E-state index contributed by atoms with van der Waals surface area (Å²) in [6, 6.07) is 0. The molecule has 0 heterocycles. The van der Waals surface area contributed by atoms with E-state index in [-0.39, 0.29) is 31.3 Å². The van der Waals surface area contributed by atoms with E-state index in [2.05, 4.69) is 90.2 Å². The maximum Gasteiger partial charge on any atom is 0.252 e. The summed E-state index contributed by atoms with van der Waals surface area (Å²) >= 11 is 2.42. The summed E-state index contributed by atoms with van der Waals surface area (Å²) in [6.45, 7) is 28.7. The van der Waals surface area contributed by atoms with E-state index in [0.717, 1.165) is 12.8 Å². The number of halogens is 1. The van der Waals surface area contributed by atoms with Crippen molar-refractivity contribution in [2.45, 2.75) is 123 Å². The highest BCUT2D eigenvalue weighted by molar-refractivity contribution is 14.1. The quantitative estimate of drug-likeness (QED) is 0.246. The third-order valence-electron chi connectivity index (χ3n) is 6.84. The Labute approximate surface area is 194 Å². The van der Waals surface area contributed by atoms with Gasteiger partial charge in [-0.25, -0.2) is 0 Å². The van der Waals surface area contributed by atoms with Crippen LogP contribution in [0.3, 0.4) is 0 Å². The smallest absolute Gasteiger partial charge is 0.252 e. The predicted molar refractivity (Wildman–Crippen MR) is 133 cm³/mol. The van der Waals surface area contributed by atoms with Crippen LogP contribution in [-0.2, 0) is 14.3 Å². The highest BCUT2D eigenvalue weighted by Gasteiger charge is 2.38. The van der Waals surface area contributed by atoms with Crippen molar-refractivity contribution >= 4 is 28.5 Å². The molecular formula is C24H48INO3. The van der Waals surface area contributed by atoms with Crippen LogP contribution >= 0.6 is 22.6 Å². The third kappa shape index (κ3) is 9.42. The van der Waals surface area contributed by atoms with Gasteiger partial charge in [0, 0.05) is 22.2 Å². The number of hydrogen-bond donors (Lipinski definition) is 1. The average molecular weight is 526 g/mol. The summed E-state index contributed by atoms with van der Waals surface area (Å²) in [7, 11) is 0. The van der Waals surface area contributed by atoms with Gasteiger partial charge in [0.25, 0.3) is 5.91 Å². The molecule has 0 bridgehead atoms. The number of rotatable bonds is 11. The Hall–Kier alpha value is 0.120. The van der Waals surface area contributed by atoms with Gasteiger partial charge in [0.15, 0.2) is 0 Å². The Morgan fingerprint density at radius 3 is 1.62 bits per heavy atom. The molecule has 0 spiro atoms. The van der Waals surface area contributed by atoms with Gasteiger partial charge in [-0.15, -0.1) is 0 Å². The van der Waals surface area contributed by atoms with Crippen LogP contribution in [-0.4, -0.2) is 39.3 Å². The fourth-order valence-corrected chi connectivity index (χ4v) is 2.41. The first kappa shape index (κ1) is 29.1. The van der Waals surface area contributed by atoms with E-state index in [9.17, 15) is 4.79 Å². The van der Waals surface area contributed by atoms with E-state index in [1.165, 1.54) is 0 Å². The molecule has 0 radical (unpaired) electrons. The summed E-state index contributed by atoms with van der Waals surface area (Å²) in [4.78, 5) is 12.9. The van der Waals surface area contributed by atoms with Crippen LogP contribution in [0.25, 0.3) is 0 Å². The normalized spacial score (nSPS) is 14.8. The van der Waals surface area contributed by atoms with E-state index >= 15 is 0 Å². The molecule has 0 aromatic heterocycles. The van der Waals surface area contributed by atoms with E-state index < -0.39 is 5.60 Å². The van der Waals surface area contributed by atoms with E-state index in [0.29, 0.717) is 13.2 Å². The standard InChI is InChI=1S/C24H48INO3/c1-19(2,3)20(4,5)14-16-28-22(8,9)18(27)26-21(6,7)15-17-29-24(12,13)23(10,11)25/h14-17H2,1-13H3,(H,26,27). The van der Waals surface area contributed by atoms with Crippen molar-refractivity contribution in [3.05, 3.63) is 0 Å². The molecule has 0 aliphatic heterocycles. The van der Waals surface area contributed by atoms with Gasteiger partial charge < -0.3 is 14.8 Å². The third-order valence-corrected chi connectivity index (χ3v) is 8.14. The molecule has 0 aliphatic rings. The van der Waals surface area contributed by atoms with Gasteiger partial charge in [0.2, 0.25) is 0 Å². The Morgan fingerprint density at radius 2 is 1.21 bits per heavy atom.